The highest BCUT2D eigenvalue weighted by molar-refractivity contribution is 6.31. The summed E-state index contributed by atoms with van der Waals surface area (Å²) in [5.74, 6) is 1.69. The zero-order chi connectivity index (χ0) is 21.5. The summed E-state index contributed by atoms with van der Waals surface area (Å²) in [4.78, 5) is 12.8. The van der Waals surface area contributed by atoms with Crippen molar-refractivity contribution in [3.63, 3.8) is 0 Å². The number of ether oxygens (including phenoxy) is 3. The van der Waals surface area contributed by atoms with Crippen LogP contribution in [0.3, 0.4) is 0 Å². The summed E-state index contributed by atoms with van der Waals surface area (Å²) in [5, 5.41) is 3.47. The van der Waals surface area contributed by atoms with Crippen LogP contribution in [0.25, 0.3) is 0 Å². The Hall–Kier alpha value is -3.18. The lowest BCUT2D eigenvalue weighted by molar-refractivity contribution is 0.102. The third-order valence-electron chi connectivity index (χ3n) is 4.50. The molecule has 0 bridgehead atoms. The highest BCUT2D eigenvalue weighted by Crippen LogP contribution is 2.29. The zero-order valence-corrected chi connectivity index (χ0v) is 18.0. The van der Waals surface area contributed by atoms with Crippen molar-refractivity contribution in [1.82, 2.24) is 0 Å². The molecule has 0 aliphatic carbocycles. The maximum absolute atomic E-state index is 12.8. The number of carbonyl (C=O) groups is 1. The molecule has 5 nitrogen and oxygen atoms in total. The lowest BCUT2D eigenvalue weighted by Gasteiger charge is -2.15. The van der Waals surface area contributed by atoms with Crippen molar-refractivity contribution in [3.05, 3.63) is 82.4 Å². The third kappa shape index (κ3) is 5.24. The Kier molecular flexibility index (Phi) is 7.20. The van der Waals surface area contributed by atoms with Gasteiger partial charge in [0, 0.05) is 21.8 Å². The molecular formula is C24H24ClNO4. The van der Waals surface area contributed by atoms with Crippen molar-refractivity contribution in [2.75, 3.05) is 19.0 Å². The van der Waals surface area contributed by atoms with E-state index < -0.39 is 0 Å². The fourth-order valence-corrected chi connectivity index (χ4v) is 3.08. The van der Waals surface area contributed by atoms with E-state index in [1.165, 1.54) is 0 Å². The second-order valence-electron chi connectivity index (χ2n) is 6.61. The number of para-hydroxylation sites is 2. The van der Waals surface area contributed by atoms with Crippen molar-refractivity contribution in [3.8, 4) is 17.2 Å². The van der Waals surface area contributed by atoms with Gasteiger partial charge in [0.2, 0.25) is 0 Å². The molecule has 0 saturated heterocycles. The van der Waals surface area contributed by atoms with E-state index in [0.29, 0.717) is 40.1 Å². The van der Waals surface area contributed by atoms with E-state index in [4.69, 9.17) is 25.8 Å². The van der Waals surface area contributed by atoms with Crippen LogP contribution in [-0.2, 0) is 6.61 Å². The van der Waals surface area contributed by atoms with Crippen molar-refractivity contribution in [2.24, 2.45) is 0 Å². The molecule has 0 saturated carbocycles. The van der Waals surface area contributed by atoms with Crippen LogP contribution in [0.4, 0.5) is 5.69 Å². The third-order valence-corrected chi connectivity index (χ3v) is 4.91. The van der Waals surface area contributed by atoms with E-state index in [1.54, 1.807) is 31.4 Å². The van der Waals surface area contributed by atoms with Crippen LogP contribution in [0.1, 0.15) is 28.4 Å². The first-order chi connectivity index (χ1) is 14.5. The van der Waals surface area contributed by atoms with Crippen LogP contribution < -0.4 is 19.5 Å². The van der Waals surface area contributed by atoms with Gasteiger partial charge in [-0.1, -0.05) is 29.8 Å². The Morgan fingerprint density at radius 2 is 1.73 bits per heavy atom. The molecule has 0 spiro atoms. The second-order valence-corrected chi connectivity index (χ2v) is 7.02. The molecule has 0 aliphatic heterocycles. The lowest BCUT2D eigenvalue weighted by atomic mass is 10.1. The number of hydrogen-bond acceptors (Lipinski definition) is 4. The molecule has 0 aromatic heterocycles. The minimum absolute atomic E-state index is 0.229. The van der Waals surface area contributed by atoms with Crippen molar-refractivity contribution in [1.29, 1.82) is 0 Å². The van der Waals surface area contributed by atoms with Gasteiger partial charge in [0.15, 0.2) is 11.5 Å². The first kappa shape index (κ1) is 21.5. The number of halogens is 1. The number of methoxy groups -OCH3 is 1. The van der Waals surface area contributed by atoms with Gasteiger partial charge in [-0.25, -0.2) is 0 Å². The van der Waals surface area contributed by atoms with E-state index in [1.807, 2.05) is 50.2 Å². The maximum Gasteiger partial charge on any atom is 0.255 e. The standard InChI is InChI=1S/C24H24ClNO4/c1-4-29-21-12-10-17(24(27)26-19-11-9-16(2)20(25)14-19)13-18(21)15-30-23-8-6-5-7-22(23)28-3/h5-14H,4,15H2,1-3H3,(H,26,27). The highest BCUT2D eigenvalue weighted by Gasteiger charge is 2.13. The predicted octanol–water partition coefficient (Wildman–Crippen LogP) is 5.89. The highest BCUT2D eigenvalue weighted by atomic mass is 35.5. The molecule has 3 aromatic carbocycles. The first-order valence-corrected chi connectivity index (χ1v) is 9.98. The molecule has 0 atom stereocenters. The number of carbonyl (C=O) groups excluding carboxylic acids is 1. The largest absolute Gasteiger partial charge is 0.493 e. The summed E-state index contributed by atoms with van der Waals surface area (Å²) in [7, 11) is 1.59. The molecule has 0 heterocycles. The molecule has 3 aromatic rings. The number of aryl methyl sites for hydroxylation is 1. The van der Waals surface area contributed by atoms with E-state index in [-0.39, 0.29) is 12.5 Å². The Bertz CT molecular complexity index is 1040. The average Bonchev–Trinajstić information content (AvgIpc) is 2.76. The molecular weight excluding hydrogens is 402 g/mol. The molecule has 1 amide bonds. The van der Waals surface area contributed by atoms with Crippen LogP contribution in [0.2, 0.25) is 5.02 Å². The Morgan fingerprint density at radius 3 is 2.43 bits per heavy atom. The average molecular weight is 426 g/mol. The van der Waals surface area contributed by atoms with Gasteiger partial charge in [-0.2, -0.15) is 0 Å². The van der Waals surface area contributed by atoms with Gasteiger partial charge in [-0.05, 0) is 61.9 Å². The van der Waals surface area contributed by atoms with Crippen LogP contribution in [0.5, 0.6) is 17.2 Å². The molecule has 6 heteroatoms. The maximum atomic E-state index is 12.8. The van der Waals surface area contributed by atoms with Crippen LogP contribution >= 0.6 is 11.6 Å². The molecule has 0 aliphatic rings. The number of benzene rings is 3. The van der Waals surface area contributed by atoms with Crippen LogP contribution in [0, 0.1) is 6.92 Å². The minimum Gasteiger partial charge on any atom is -0.493 e. The number of anilines is 1. The summed E-state index contributed by atoms with van der Waals surface area (Å²) in [6.45, 7) is 4.56. The zero-order valence-electron chi connectivity index (χ0n) is 17.2. The van der Waals surface area contributed by atoms with E-state index in [2.05, 4.69) is 5.32 Å². The van der Waals surface area contributed by atoms with Gasteiger partial charge in [0.05, 0.1) is 13.7 Å². The van der Waals surface area contributed by atoms with Gasteiger partial charge < -0.3 is 19.5 Å². The Morgan fingerprint density at radius 1 is 0.967 bits per heavy atom. The first-order valence-electron chi connectivity index (χ1n) is 9.61. The fourth-order valence-electron chi connectivity index (χ4n) is 2.90. The molecule has 156 valence electrons. The Labute approximate surface area is 181 Å². The van der Waals surface area contributed by atoms with Gasteiger partial charge in [0.1, 0.15) is 12.4 Å². The summed E-state index contributed by atoms with van der Waals surface area (Å²) in [6, 6.07) is 18.1. The van der Waals surface area contributed by atoms with E-state index in [0.717, 1.165) is 11.1 Å². The normalized spacial score (nSPS) is 10.4. The quantitative estimate of drug-likeness (QED) is 0.489. The summed E-state index contributed by atoms with van der Waals surface area (Å²) < 4.78 is 17.0. The smallest absolute Gasteiger partial charge is 0.255 e. The fraction of sp³-hybridized carbons (Fsp3) is 0.208. The SMILES string of the molecule is CCOc1ccc(C(=O)Nc2ccc(C)c(Cl)c2)cc1COc1ccccc1OC. The molecule has 0 unspecified atom stereocenters. The molecule has 0 radical (unpaired) electrons. The number of rotatable bonds is 8. The van der Waals surface area contributed by atoms with Crippen molar-refractivity contribution >= 4 is 23.2 Å². The van der Waals surface area contributed by atoms with Gasteiger partial charge in [-0.3, -0.25) is 4.79 Å². The molecule has 1 N–H and O–H groups in total. The summed E-state index contributed by atoms with van der Waals surface area (Å²) in [5.41, 5.74) is 2.84. The van der Waals surface area contributed by atoms with Crippen molar-refractivity contribution < 1.29 is 19.0 Å². The number of nitrogens with one attached hydrogen (secondary N) is 1. The van der Waals surface area contributed by atoms with Gasteiger partial charge in [-0.15, -0.1) is 0 Å². The topological polar surface area (TPSA) is 56.8 Å². The number of amides is 1. The van der Waals surface area contributed by atoms with Gasteiger partial charge >= 0.3 is 0 Å². The minimum atomic E-state index is -0.239. The molecule has 0 fully saturated rings. The van der Waals surface area contributed by atoms with Crippen LogP contribution in [0.15, 0.2) is 60.7 Å². The van der Waals surface area contributed by atoms with Gasteiger partial charge in [0.25, 0.3) is 5.91 Å². The van der Waals surface area contributed by atoms with Crippen LogP contribution in [-0.4, -0.2) is 19.6 Å². The summed E-state index contributed by atoms with van der Waals surface area (Å²) >= 11 is 6.15. The van der Waals surface area contributed by atoms with Crippen molar-refractivity contribution in [2.45, 2.75) is 20.5 Å². The lowest BCUT2D eigenvalue weighted by Crippen LogP contribution is -2.13. The summed E-state index contributed by atoms with van der Waals surface area (Å²) in [6.07, 6.45) is 0. The van der Waals surface area contributed by atoms with E-state index >= 15 is 0 Å². The number of hydrogen-bond donors (Lipinski definition) is 1. The second kappa shape index (κ2) is 10.0. The Balaban J connectivity index is 1.80. The predicted molar refractivity (Wildman–Crippen MR) is 119 cm³/mol. The van der Waals surface area contributed by atoms with E-state index in [9.17, 15) is 4.79 Å². The molecule has 30 heavy (non-hydrogen) atoms. The monoisotopic (exact) mass is 425 g/mol. The molecule has 3 rings (SSSR count).